The molecule has 2 rings (SSSR count). The van der Waals surface area contributed by atoms with Gasteiger partial charge in [-0.05, 0) is 18.9 Å². The number of aryl methyl sites for hydroxylation is 1. The van der Waals surface area contributed by atoms with Crippen molar-refractivity contribution in [1.29, 1.82) is 0 Å². The number of nitrogens with one attached hydrogen (secondary N) is 1. The maximum atomic E-state index is 6.07. The number of nitrogens with zero attached hydrogens (tertiary/aromatic N) is 2. The van der Waals surface area contributed by atoms with Crippen LogP contribution in [0.5, 0.6) is 5.88 Å². The highest BCUT2D eigenvalue weighted by Gasteiger charge is 2.14. The fraction of sp³-hybridized carbons (Fsp3) is 0.375. The summed E-state index contributed by atoms with van der Waals surface area (Å²) in [6.07, 6.45) is 1.77. The normalized spacial score (nSPS) is 12.0. The van der Waals surface area contributed by atoms with Crippen molar-refractivity contribution in [3.05, 3.63) is 41.7 Å². The van der Waals surface area contributed by atoms with E-state index in [9.17, 15) is 0 Å². The van der Waals surface area contributed by atoms with Gasteiger partial charge in [0.2, 0.25) is 5.88 Å². The quantitative estimate of drug-likeness (QED) is 0.853. The van der Waals surface area contributed by atoms with Gasteiger partial charge in [0.1, 0.15) is 11.5 Å². The van der Waals surface area contributed by atoms with Gasteiger partial charge in [-0.15, -0.1) is 0 Å². The molecule has 0 spiro atoms. The second-order valence-corrected chi connectivity index (χ2v) is 4.94. The molecule has 1 aromatic carbocycles. The summed E-state index contributed by atoms with van der Waals surface area (Å²) in [5.41, 5.74) is 7.69. The minimum absolute atomic E-state index is 0.0996. The Bertz CT molecular complexity index is 586. The second-order valence-electron chi connectivity index (χ2n) is 4.94. The summed E-state index contributed by atoms with van der Waals surface area (Å²) in [4.78, 5) is 8.83. The summed E-state index contributed by atoms with van der Waals surface area (Å²) < 4.78 is 5.24. The number of hydrogen-bond acceptors (Lipinski definition) is 5. The first kappa shape index (κ1) is 15.1. The zero-order valence-corrected chi connectivity index (χ0v) is 12.8. The van der Waals surface area contributed by atoms with Crippen molar-refractivity contribution < 1.29 is 4.74 Å². The predicted octanol–water partition coefficient (Wildman–Crippen LogP) is 3.19. The van der Waals surface area contributed by atoms with Gasteiger partial charge in [0.05, 0.1) is 13.2 Å². The number of aromatic nitrogens is 2. The predicted molar refractivity (Wildman–Crippen MR) is 85.5 cm³/mol. The largest absolute Gasteiger partial charge is 0.479 e. The highest BCUT2D eigenvalue weighted by Crippen LogP contribution is 2.29. The van der Waals surface area contributed by atoms with Gasteiger partial charge < -0.3 is 15.8 Å². The molecule has 1 aromatic heterocycles. The fourth-order valence-electron chi connectivity index (χ4n) is 2.12. The van der Waals surface area contributed by atoms with Crippen LogP contribution in [-0.4, -0.2) is 17.1 Å². The minimum Gasteiger partial charge on any atom is -0.479 e. The number of benzene rings is 1. The van der Waals surface area contributed by atoms with Crippen molar-refractivity contribution >= 4 is 11.5 Å². The molecule has 1 unspecified atom stereocenters. The zero-order chi connectivity index (χ0) is 15.2. The minimum atomic E-state index is 0.0996. The van der Waals surface area contributed by atoms with E-state index in [-0.39, 0.29) is 6.04 Å². The topological polar surface area (TPSA) is 73.1 Å². The molecule has 1 atom stereocenters. The van der Waals surface area contributed by atoms with E-state index in [0.717, 1.165) is 18.7 Å². The molecule has 1 heterocycles. The number of ether oxygens (including phenoxy) is 1. The SMILES string of the molecule is CCCc1nc(NC(C)c2ccccc2)c(N)c(OC)n1. The molecular weight excluding hydrogens is 264 g/mol. The Balaban J connectivity index is 2.28. The molecule has 0 radical (unpaired) electrons. The number of rotatable bonds is 6. The van der Waals surface area contributed by atoms with Gasteiger partial charge in [-0.2, -0.15) is 4.98 Å². The van der Waals surface area contributed by atoms with Crippen molar-refractivity contribution in [2.75, 3.05) is 18.2 Å². The molecule has 5 heteroatoms. The van der Waals surface area contributed by atoms with Crippen molar-refractivity contribution in [3.63, 3.8) is 0 Å². The molecule has 0 aliphatic rings. The van der Waals surface area contributed by atoms with Gasteiger partial charge in [-0.1, -0.05) is 37.3 Å². The lowest BCUT2D eigenvalue weighted by atomic mass is 10.1. The van der Waals surface area contributed by atoms with Crippen LogP contribution in [-0.2, 0) is 6.42 Å². The van der Waals surface area contributed by atoms with E-state index in [1.165, 1.54) is 5.56 Å². The fourth-order valence-corrected chi connectivity index (χ4v) is 2.12. The van der Waals surface area contributed by atoms with Crippen LogP contribution >= 0.6 is 0 Å². The lowest BCUT2D eigenvalue weighted by Gasteiger charge is -2.18. The van der Waals surface area contributed by atoms with E-state index in [1.54, 1.807) is 7.11 Å². The third-order valence-electron chi connectivity index (χ3n) is 3.28. The maximum absolute atomic E-state index is 6.07. The first-order valence-corrected chi connectivity index (χ1v) is 7.17. The summed E-state index contributed by atoms with van der Waals surface area (Å²) in [6, 6.07) is 10.3. The van der Waals surface area contributed by atoms with Crippen molar-refractivity contribution in [3.8, 4) is 5.88 Å². The molecule has 0 bridgehead atoms. The van der Waals surface area contributed by atoms with Crippen LogP contribution in [0.3, 0.4) is 0 Å². The summed E-state index contributed by atoms with van der Waals surface area (Å²) in [5, 5.41) is 3.34. The standard InChI is InChI=1S/C16H22N4O/c1-4-8-13-19-15(14(17)16(20-13)21-3)18-11(2)12-9-6-5-7-10-12/h5-7,9-11H,4,8,17H2,1-3H3,(H,18,19,20). The summed E-state index contributed by atoms with van der Waals surface area (Å²) in [5.74, 6) is 1.80. The average Bonchev–Trinajstić information content (AvgIpc) is 2.51. The maximum Gasteiger partial charge on any atom is 0.242 e. The lowest BCUT2D eigenvalue weighted by Crippen LogP contribution is -2.13. The molecule has 112 valence electrons. The third kappa shape index (κ3) is 3.62. The molecule has 5 nitrogen and oxygen atoms in total. The molecule has 0 fully saturated rings. The Labute approximate surface area is 125 Å². The number of methoxy groups -OCH3 is 1. The van der Waals surface area contributed by atoms with Gasteiger partial charge in [-0.25, -0.2) is 4.98 Å². The van der Waals surface area contributed by atoms with Crippen molar-refractivity contribution in [2.45, 2.75) is 32.7 Å². The number of anilines is 2. The van der Waals surface area contributed by atoms with Crippen LogP contribution in [0.1, 0.15) is 37.7 Å². The molecule has 0 aliphatic heterocycles. The van der Waals surface area contributed by atoms with Crippen LogP contribution < -0.4 is 15.8 Å². The van der Waals surface area contributed by atoms with Crippen molar-refractivity contribution in [1.82, 2.24) is 9.97 Å². The van der Waals surface area contributed by atoms with Gasteiger partial charge >= 0.3 is 0 Å². The summed E-state index contributed by atoms with van der Waals surface area (Å²) >= 11 is 0. The van der Waals surface area contributed by atoms with Crippen LogP contribution in [0.4, 0.5) is 11.5 Å². The molecule has 2 aromatic rings. The van der Waals surface area contributed by atoms with E-state index >= 15 is 0 Å². The van der Waals surface area contributed by atoms with Crippen LogP contribution in [0.15, 0.2) is 30.3 Å². The van der Waals surface area contributed by atoms with Crippen LogP contribution in [0, 0.1) is 0 Å². The molecule has 21 heavy (non-hydrogen) atoms. The highest BCUT2D eigenvalue weighted by molar-refractivity contribution is 5.67. The third-order valence-corrected chi connectivity index (χ3v) is 3.28. The molecule has 0 aliphatic carbocycles. The van der Waals surface area contributed by atoms with Gasteiger partial charge in [-0.3, -0.25) is 0 Å². The molecule has 0 saturated carbocycles. The number of hydrogen-bond donors (Lipinski definition) is 2. The van der Waals surface area contributed by atoms with E-state index in [4.69, 9.17) is 10.5 Å². The number of nitrogen functional groups attached to an aromatic ring is 1. The van der Waals surface area contributed by atoms with Gasteiger partial charge in [0, 0.05) is 6.42 Å². The lowest BCUT2D eigenvalue weighted by molar-refractivity contribution is 0.397. The smallest absolute Gasteiger partial charge is 0.242 e. The van der Waals surface area contributed by atoms with Gasteiger partial charge in [0.25, 0.3) is 0 Å². The Morgan fingerprint density at radius 1 is 1.24 bits per heavy atom. The summed E-state index contributed by atoms with van der Waals surface area (Å²) in [6.45, 7) is 4.16. The molecule has 0 amide bonds. The number of nitrogens with two attached hydrogens (primary N) is 1. The molecular formula is C16H22N4O. The van der Waals surface area contributed by atoms with E-state index in [0.29, 0.717) is 17.4 Å². The summed E-state index contributed by atoms with van der Waals surface area (Å²) in [7, 11) is 1.57. The van der Waals surface area contributed by atoms with E-state index in [2.05, 4.69) is 41.3 Å². The zero-order valence-electron chi connectivity index (χ0n) is 12.8. The monoisotopic (exact) mass is 286 g/mol. The Morgan fingerprint density at radius 2 is 1.95 bits per heavy atom. The van der Waals surface area contributed by atoms with E-state index in [1.807, 2.05) is 18.2 Å². The second kappa shape index (κ2) is 6.92. The first-order chi connectivity index (χ1) is 10.2. The average molecular weight is 286 g/mol. The van der Waals surface area contributed by atoms with Crippen LogP contribution in [0.2, 0.25) is 0 Å². The Kier molecular flexibility index (Phi) is 4.98. The molecule has 0 saturated heterocycles. The van der Waals surface area contributed by atoms with Gasteiger partial charge in [0.15, 0.2) is 5.82 Å². The van der Waals surface area contributed by atoms with Crippen LogP contribution in [0.25, 0.3) is 0 Å². The Morgan fingerprint density at radius 3 is 2.57 bits per heavy atom. The van der Waals surface area contributed by atoms with E-state index < -0.39 is 0 Å². The highest BCUT2D eigenvalue weighted by atomic mass is 16.5. The van der Waals surface area contributed by atoms with Crippen molar-refractivity contribution in [2.24, 2.45) is 0 Å². The Hall–Kier alpha value is -2.30. The first-order valence-electron chi connectivity index (χ1n) is 7.17. The molecule has 3 N–H and O–H groups in total.